The summed E-state index contributed by atoms with van der Waals surface area (Å²) < 4.78 is 10.3. The van der Waals surface area contributed by atoms with Crippen molar-refractivity contribution >= 4 is 0 Å². The molecule has 0 saturated carbocycles. The standard InChI is InChI=1S/C11H25NO3/c1-11(4-6-13)10-12-5-9-15-8-3-7-14-2/h11-13H,3-10H2,1-2H3. The molecule has 0 heterocycles. The fourth-order valence-electron chi connectivity index (χ4n) is 1.22. The molecule has 0 fully saturated rings. The average molecular weight is 219 g/mol. The van der Waals surface area contributed by atoms with Crippen molar-refractivity contribution in [3.8, 4) is 0 Å². The summed E-state index contributed by atoms with van der Waals surface area (Å²) in [6.45, 7) is 6.50. The van der Waals surface area contributed by atoms with Gasteiger partial charge in [-0.15, -0.1) is 0 Å². The van der Waals surface area contributed by atoms with E-state index in [2.05, 4.69) is 12.2 Å². The molecule has 0 aromatic carbocycles. The third kappa shape index (κ3) is 11.8. The molecular weight excluding hydrogens is 194 g/mol. The first-order valence-electron chi connectivity index (χ1n) is 5.69. The van der Waals surface area contributed by atoms with E-state index in [1.54, 1.807) is 7.11 Å². The van der Waals surface area contributed by atoms with Crippen LogP contribution in [0.15, 0.2) is 0 Å². The Labute approximate surface area is 93.0 Å². The van der Waals surface area contributed by atoms with Crippen LogP contribution < -0.4 is 5.32 Å². The number of aliphatic hydroxyl groups excluding tert-OH is 1. The topological polar surface area (TPSA) is 50.7 Å². The lowest BCUT2D eigenvalue weighted by Crippen LogP contribution is -2.25. The molecule has 0 spiro atoms. The molecule has 2 N–H and O–H groups in total. The Morgan fingerprint density at radius 1 is 1.27 bits per heavy atom. The highest BCUT2D eigenvalue weighted by atomic mass is 16.5. The third-order valence-electron chi connectivity index (χ3n) is 2.18. The molecule has 0 aliphatic rings. The second-order valence-electron chi connectivity index (χ2n) is 3.78. The minimum atomic E-state index is 0.274. The highest BCUT2D eigenvalue weighted by molar-refractivity contribution is 4.55. The Bertz CT molecular complexity index is 122. The van der Waals surface area contributed by atoms with Crippen molar-refractivity contribution < 1.29 is 14.6 Å². The van der Waals surface area contributed by atoms with Gasteiger partial charge < -0.3 is 19.9 Å². The molecule has 4 heteroatoms. The van der Waals surface area contributed by atoms with Gasteiger partial charge >= 0.3 is 0 Å². The summed E-state index contributed by atoms with van der Waals surface area (Å²) in [6.07, 6.45) is 1.82. The molecule has 0 saturated heterocycles. The Hall–Kier alpha value is -0.160. The highest BCUT2D eigenvalue weighted by Crippen LogP contribution is 1.97. The van der Waals surface area contributed by atoms with E-state index in [1.807, 2.05) is 0 Å². The first kappa shape index (κ1) is 14.8. The summed E-state index contributed by atoms with van der Waals surface area (Å²) in [5.74, 6) is 0.531. The van der Waals surface area contributed by atoms with E-state index in [4.69, 9.17) is 14.6 Å². The minimum Gasteiger partial charge on any atom is -0.396 e. The zero-order valence-electron chi connectivity index (χ0n) is 10.00. The summed E-state index contributed by atoms with van der Waals surface area (Å²) >= 11 is 0. The number of rotatable bonds is 11. The van der Waals surface area contributed by atoms with Gasteiger partial charge in [-0.3, -0.25) is 0 Å². The van der Waals surface area contributed by atoms with Crippen LogP contribution in [0.2, 0.25) is 0 Å². The summed E-state index contributed by atoms with van der Waals surface area (Å²) in [6, 6.07) is 0. The number of ether oxygens (including phenoxy) is 2. The van der Waals surface area contributed by atoms with Gasteiger partial charge in [0.25, 0.3) is 0 Å². The van der Waals surface area contributed by atoms with E-state index < -0.39 is 0 Å². The molecular formula is C11H25NO3. The predicted octanol–water partition coefficient (Wildman–Crippen LogP) is 0.648. The van der Waals surface area contributed by atoms with Gasteiger partial charge in [-0.05, 0) is 25.3 Å². The Morgan fingerprint density at radius 2 is 2.07 bits per heavy atom. The molecule has 0 aliphatic heterocycles. The van der Waals surface area contributed by atoms with Crippen molar-refractivity contribution in [1.82, 2.24) is 5.32 Å². The summed E-state index contributed by atoms with van der Waals surface area (Å²) in [7, 11) is 1.70. The monoisotopic (exact) mass is 219 g/mol. The number of methoxy groups -OCH3 is 1. The molecule has 92 valence electrons. The molecule has 1 atom stereocenters. The number of aliphatic hydroxyl groups is 1. The molecule has 0 radical (unpaired) electrons. The van der Waals surface area contributed by atoms with Gasteiger partial charge in [0.15, 0.2) is 0 Å². The van der Waals surface area contributed by atoms with Crippen molar-refractivity contribution in [2.75, 3.05) is 46.6 Å². The highest BCUT2D eigenvalue weighted by Gasteiger charge is 1.99. The first-order chi connectivity index (χ1) is 7.31. The Balaban J connectivity index is 2.98. The van der Waals surface area contributed by atoms with Crippen molar-refractivity contribution in [1.29, 1.82) is 0 Å². The fourth-order valence-corrected chi connectivity index (χ4v) is 1.22. The normalized spacial score (nSPS) is 13.0. The number of hydrogen-bond donors (Lipinski definition) is 2. The Kier molecular flexibility index (Phi) is 11.8. The molecule has 1 unspecified atom stereocenters. The van der Waals surface area contributed by atoms with Crippen LogP contribution in [0.5, 0.6) is 0 Å². The molecule has 0 rings (SSSR count). The number of hydrogen-bond acceptors (Lipinski definition) is 4. The molecule has 0 amide bonds. The van der Waals surface area contributed by atoms with Gasteiger partial charge in [0.05, 0.1) is 6.61 Å². The van der Waals surface area contributed by atoms with Crippen LogP contribution in [0.1, 0.15) is 19.8 Å². The molecule has 0 aliphatic carbocycles. The van der Waals surface area contributed by atoms with Gasteiger partial charge in [-0.2, -0.15) is 0 Å². The summed E-state index contributed by atoms with van der Waals surface area (Å²) in [5.41, 5.74) is 0. The molecule has 15 heavy (non-hydrogen) atoms. The fraction of sp³-hybridized carbons (Fsp3) is 1.00. The van der Waals surface area contributed by atoms with E-state index in [1.165, 1.54) is 0 Å². The van der Waals surface area contributed by atoms with E-state index in [9.17, 15) is 0 Å². The minimum absolute atomic E-state index is 0.274. The van der Waals surface area contributed by atoms with Gasteiger partial charge in [-0.1, -0.05) is 6.92 Å². The van der Waals surface area contributed by atoms with E-state index in [0.29, 0.717) is 5.92 Å². The van der Waals surface area contributed by atoms with Crippen LogP contribution in [0.25, 0.3) is 0 Å². The van der Waals surface area contributed by atoms with E-state index >= 15 is 0 Å². The smallest absolute Gasteiger partial charge is 0.0590 e. The van der Waals surface area contributed by atoms with Crippen molar-refractivity contribution in [2.45, 2.75) is 19.8 Å². The van der Waals surface area contributed by atoms with Crippen LogP contribution in [0.3, 0.4) is 0 Å². The lowest BCUT2D eigenvalue weighted by Gasteiger charge is -2.11. The van der Waals surface area contributed by atoms with Crippen LogP contribution in [0, 0.1) is 5.92 Å². The Morgan fingerprint density at radius 3 is 2.73 bits per heavy atom. The molecule has 0 aromatic rings. The summed E-state index contributed by atoms with van der Waals surface area (Å²) in [4.78, 5) is 0. The van der Waals surface area contributed by atoms with Gasteiger partial charge in [0.2, 0.25) is 0 Å². The molecule has 0 bridgehead atoms. The summed E-state index contributed by atoms with van der Waals surface area (Å²) in [5, 5.41) is 12.0. The zero-order chi connectivity index (χ0) is 11.4. The quantitative estimate of drug-likeness (QED) is 0.501. The maximum Gasteiger partial charge on any atom is 0.0590 e. The molecule has 4 nitrogen and oxygen atoms in total. The SMILES string of the molecule is COCCCOCCNCC(C)CCO. The van der Waals surface area contributed by atoms with Crippen LogP contribution >= 0.6 is 0 Å². The van der Waals surface area contributed by atoms with Gasteiger partial charge in [-0.25, -0.2) is 0 Å². The van der Waals surface area contributed by atoms with Crippen molar-refractivity contribution in [2.24, 2.45) is 5.92 Å². The maximum atomic E-state index is 8.70. The second-order valence-corrected chi connectivity index (χ2v) is 3.78. The van der Waals surface area contributed by atoms with Crippen LogP contribution in [-0.2, 0) is 9.47 Å². The van der Waals surface area contributed by atoms with Gasteiger partial charge in [0.1, 0.15) is 0 Å². The van der Waals surface area contributed by atoms with E-state index in [-0.39, 0.29) is 6.61 Å². The zero-order valence-corrected chi connectivity index (χ0v) is 10.00. The lowest BCUT2D eigenvalue weighted by atomic mass is 10.1. The number of nitrogens with one attached hydrogen (secondary N) is 1. The first-order valence-corrected chi connectivity index (χ1v) is 5.69. The third-order valence-corrected chi connectivity index (χ3v) is 2.18. The second kappa shape index (κ2) is 11.9. The van der Waals surface area contributed by atoms with Crippen LogP contribution in [-0.4, -0.2) is 51.7 Å². The largest absolute Gasteiger partial charge is 0.396 e. The van der Waals surface area contributed by atoms with Crippen LogP contribution in [0.4, 0.5) is 0 Å². The average Bonchev–Trinajstić information content (AvgIpc) is 2.22. The maximum absolute atomic E-state index is 8.70. The lowest BCUT2D eigenvalue weighted by molar-refractivity contribution is 0.104. The van der Waals surface area contributed by atoms with Gasteiger partial charge in [0, 0.05) is 33.5 Å². The van der Waals surface area contributed by atoms with E-state index in [0.717, 1.165) is 45.8 Å². The van der Waals surface area contributed by atoms with Crippen molar-refractivity contribution in [3.63, 3.8) is 0 Å². The van der Waals surface area contributed by atoms with Crippen molar-refractivity contribution in [3.05, 3.63) is 0 Å². The predicted molar refractivity (Wildman–Crippen MR) is 61.0 cm³/mol. The molecule has 0 aromatic heterocycles.